The Morgan fingerprint density at radius 1 is 1.23 bits per heavy atom. The van der Waals surface area contributed by atoms with E-state index in [0.29, 0.717) is 0 Å². The van der Waals surface area contributed by atoms with Gasteiger partial charge in [-0.3, -0.25) is 4.90 Å². The fraction of sp³-hybridized carbons (Fsp3) is 0.556. The van der Waals surface area contributed by atoms with Crippen molar-refractivity contribution in [2.24, 2.45) is 0 Å². The van der Waals surface area contributed by atoms with Crippen molar-refractivity contribution >= 4 is 17.3 Å². The van der Waals surface area contributed by atoms with Crippen LogP contribution in [-0.2, 0) is 0 Å². The number of rotatable bonds is 7. The highest BCUT2D eigenvalue weighted by Crippen LogP contribution is 2.21. The highest BCUT2D eigenvalue weighted by atomic mass is 35.5. The van der Waals surface area contributed by atoms with Crippen LogP contribution in [0.4, 0.5) is 5.69 Å². The largest absolute Gasteiger partial charge is 0.371 e. The molecule has 0 atom stereocenters. The van der Waals surface area contributed by atoms with Gasteiger partial charge in [0.1, 0.15) is 0 Å². The van der Waals surface area contributed by atoms with Crippen molar-refractivity contribution in [2.75, 3.05) is 50.7 Å². The first-order chi connectivity index (χ1) is 10.6. The molecule has 0 unspecified atom stereocenters. The molecule has 0 aliphatic carbocycles. The second kappa shape index (κ2) is 8.44. The number of nitrogens with zero attached hydrogens (tertiary/aromatic N) is 3. The molecule has 3 nitrogen and oxygen atoms in total. The minimum atomic E-state index is 0.808. The number of piperazine rings is 1. The molecule has 0 aromatic heterocycles. The summed E-state index contributed by atoms with van der Waals surface area (Å²) in [7, 11) is 0. The fourth-order valence-electron chi connectivity index (χ4n) is 2.98. The fourth-order valence-corrected chi connectivity index (χ4v) is 3.16. The minimum absolute atomic E-state index is 0.808. The third-order valence-corrected chi connectivity index (χ3v) is 4.53. The maximum absolute atomic E-state index is 6.09. The van der Waals surface area contributed by atoms with E-state index in [9.17, 15) is 0 Å². The molecule has 0 amide bonds. The summed E-state index contributed by atoms with van der Waals surface area (Å²) in [6, 6.07) is 8.13. The predicted molar refractivity (Wildman–Crippen MR) is 96.8 cm³/mol. The Balaban J connectivity index is 1.85. The molecule has 1 aliphatic heterocycles. The molecule has 1 fully saturated rings. The van der Waals surface area contributed by atoms with Crippen LogP contribution in [0.1, 0.15) is 20.3 Å². The Labute approximate surface area is 140 Å². The Hall–Kier alpha value is -1.19. The van der Waals surface area contributed by atoms with Crippen molar-refractivity contribution in [2.45, 2.75) is 20.3 Å². The summed E-state index contributed by atoms with van der Waals surface area (Å²) in [4.78, 5) is 7.30. The zero-order valence-electron chi connectivity index (χ0n) is 13.9. The van der Waals surface area contributed by atoms with Crippen LogP contribution >= 0.6 is 11.6 Å². The van der Waals surface area contributed by atoms with Crippen molar-refractivity contribution in [3.05, 3.63) is 41.6 Å². The summed E-state index contributed by atoms with van der Waals surface area (Å²) in [6.45, 7) is 16.1. The van der Waals surface area contributed by atoms with E-state index in [2.05, 4.69) is 41.2 Å². The average molecular weight is 322 g/mol. The van der Waals surface area contributed by atoms with Crippen LogP contribution in [0.2, 0.25) is 5.02 Å². The monoisotopic (exact) mass is 321 g/mol. The molecule has 122 valence electrons. The van der Waals surface area contributed by atoms with Gasteiger partial charge in [-0.1, -0.05) is 38.1 Å². The normalized spacial score (nSPS) is 15.5. The second-order valence-corrected chi connectivity index (χ2v) is 6.33. The first-order valence-corrected chi connectivity index (χ1v) is 8.67. The van der Waals surface area contributed by atoms with E-state index in [1.165, 1.54) is 17.8 Å². The molecule has 1 heterocycles. The quantitative estimate of drug-likeness (QED) is 0.758. The highest BCUT2D eigenvalue weighted by Gasteiger charge is 2.19. The van der Waals surface area contributed by atoms with E-state index >= 15 is 0 Å². The van der Waals surface area contributed by atoms with Crippen LogP contribution in [-0.4, -0.2) is 55.6 Å². The molecule has 0 spiro atoms. The lowest BCUT2D eigenvalue weighted by atomic mass is 10.2. The van der Waals surface area contributed by atoms with E-state index in [0.717, 1.165) is 50.8 Å². The van der Waals surface area contributed by atoms with Crippen LogP contribution in [0, 0.1) is 0 Å². The van der Waals surface area contributed by atoms with Crippen LogP contribution in [0.3, 0.4) is 0 Å². The number of hydrogen-bond donors (Lipinski definition) is 0. The van der Waals surface area contributed by atoms with Crippen molar-refractivity contribution in [1.82, 2.24) is 9.80 Å². The third kappa shape index (κ3) is 4.65. The lowest BCUT2D eigenvalue weighted by molar-refractivity contribution is 0.250. The zero-order valence-corrected chi connectivity index (χ0v) is 14.6. The Kier molecular flexibility index (Phi) is 6.59. The number of anilines is 1. The molecule has 1 aromatic carbocycles. The first kappa shape index (κ1) is 17.2. The van der Waals surface area contributed by atoms with Gasteiger partial charge in [0.25, 0.3) is 0 Å². The molecule has 2 rings (SSSR count). The summed E-state index contributed by atoms with van der Waals surface area (Å²) in [5, 5.41) is 0.808. The summed E-state index contributed by atoms with van der Waals surface area (Å²) in [5.41, 5.74) is 2.47. The van der Waals surface area contributed by atoms with Crippen LogP contribution in [0.25, 0.3) is 0 Å². The van der Waals surface area contributed by atoms with Crippen LogP contribution in [0.5, 0.6) is 0 Å². The SMILES string of the molecule is C=C(CN(CC)CCC)N1CCN(c2cccc(Cl)c2)CC1. The standard InChI is InChI=1S/C18H28ClN3/c1-4-9-20(5-2)15-16(3)21-10-12-22(13-11-21)18-8-6-7-17(19)14-18/h6-8,14H,3-5,9-13,15H2,1-2H3. The van der Waals surface area contributed by atoms with Gasteiger partial charge in [-0.2, -0.15) is 0 Å². The van der Waals surface area contributed by atoms with Gasteiger partial charge in [0.2, 0.25) is 0 Å². The molecule has 22 heavy (non-hydrogen) atoms. The molecule has 1 aliphatic rings. The molecule has 0 radical (unpaired) electrons. The molecular formula is C18H28ClN3. The predicted octanol–water partition coefficient (Wildman–Crippen LogP) is 3.71. The maximum atomic E-state index is 6.09. The molecular weight excluding hydrogens is 294 g/mol. The molecule has 1 aromatic rings. The minimum Gasteiger partial charge on any atom is -0.371 e. The lowest BCUT2D eigenvalue weighted by Gasteiger charge is -2.39. The van der Waals surface area contributed by atoms with Gasteiger partial charge in [0.05, 0.1) is 0 Å². The van der Waals surface area contributed by atoms with Gasteiger partial charge in [-0.05, 0) is 37.7 Å². The van der Waals surface area contributed by atoms with E-state index in [4.69, 9.17) is 11.6 Å². The average Bonchev–Trinajstić information content (AvgIpc) is 2.54. The molecule has 0 bridgehead atoms. The summed E-state index contributed by atoms with van der Waals surface area (Å²) >= 11 is 6.09. The van der Waals surface area contributed by atoms with Gasteiger partial charge < -0.3 is 9.80 Å². The van der Waals surface area contributed by atoms with Crippen molar-refractivity contribution in [1.29, 1.82) is 0 Å². The van der Waals surface area contributed by atoms with Crippen LogP contribution < -0.4 is 4.90 Å². The van der Waals surface area contributed by atoms with Crippen molar-refractivity contribution in [3.8, 4) is 0 Å². The van der Waals surface area contributed by atoms with E-state index in [1.807, 2.05) is 18.2 Å². The van der Waals surface area contributed by atoms with Gasteiger partial charge in [0.15, 0.2) is 0 Å². The zero-order chi connectivity index (χ0) is 15.9. The van der Waals surface area contributed by atoms with Gasteiger partial charge in [-0.15, -0.1) is 0 Å². The third-order valence-electron chi connectivity index (χ3n) is 4.29. The van der Waals surface area contributed by atoms with Gasteiger partial charge in [0, 0.05) is 49.1 Å². The lowest BCUT2D eigenvalue weighted by Crippen LogP contribution is -2.47. The Morgan fingerprint density at radius 2 is 1.95 bits per heavy atom. The van der Waals surface area contributed by atoms with Gasteiger partial charge in [-0.25, -0.2) is 0 Å². The molecule has 4 heteroatoms. The molecule has 0 N–H and O–H groups in total. The first-order valence-electron chi connectivity index (χ1n) is 8.29. The Bertz CT molecular complexity index is 481. The number of benzene rings is 1. The van der Waals surface area contributed by atoms with E-state index in [-0.39, 0.29) is 0 Å². The number of likely N-dealkylation sites (N-methyl/N-ethyl adjacent to an activating group) is 1. The molecule has 0 saturated carbocycles. The maximum Gasteiger partial charge on any atom is 0.0426 e. The number of hydrogen-bond acceptors (Lipinski definition) is 3. The topological polar surface area (TPSA) is 9.72 Å². The van der Waals surface area contributed by atoms with Crippen molar-refractivity contribution in [3.63, 3.8) is 0 Å². The summed E-state index contributed by atoms with van der Waals surface area (Å²) < 4.78 is 0. The summed E-state index contributed by atoms with van der Waals surface area (Å²) in [6.07, 6.45) is 1.20. The van der Waals surface area contributed by atoms with E-state index < -0.39 is 0 Å². The smallest absolute Gasteiger partial charge is 0.0426 e. The van der Waals surface area contributed by atoms with Crippen LogP contribution in [0.15, 0.2) is 36.5 Å². The summed E-state index contributed by atoms with van der Waals surface area (Å²) in [5.74, 6) is 0. The number of halogens is 1. The highest BCUT2D eigenvalue weighted by molar-refractivity contribution is 6.30. The molecule has 1 saturated heterocycles. The second-order valence-electron chi connectivity index (χ2n) is 5.89. The van der Waals surface area contributed by atoms with Crippen molar-refractivity contribution < 1.29 is 0 Å². The Morgan fingerprint density at radius 3 is 2.55 bits per heavy atom. The van der Waals surface area contributed by atoms with Gasteiger partial charge >= 0.3 is 0 Å². The van der Waals surface area contributed by atoms with E-state index in [1.54, 1.807) is 0 Å².